The summed E-state index contributed by atoms with van der Waals surface area (Å²) in [5.74, 6) is -0.0810. The number of fused-ring (bicyclic) bond motifs is 1. The van der Waals surface area contributed by atoms with E-state index >= 15 is 0 Å². The van der Waals surface area contributed by atoms with Gasteiger partial charge >= 0.3 is 5.97 Å². The number of hydrogen-bond acceptors (Lipinski definition) is 8. The normalized spacial score (nSPS) is 19.3. The standard InChI is InChI=1S/C21H25BrN4O5S/c1-3-31-20(27)13(2)26-12-15-5-4-14(10-18(15)32(26,28)29)19-17(22)11-23-21(25-19)24-16-6-8-30-9-7-16/h4-5,10-11,13,16H,3,6-9,12H2,1-2H3,(H,23,24,25)/t13-/m1/s1. The van der Waals surface area contributed by atoms with Crippen LogP contribution in [0.1, 0.15) is 32.3 Å². The first kappa shape index (κ1) is 23.1. The van der Waals surface area contributed by atoms with Gasteiger partial charge in [0, 0.05) is 37.6 Å². The number of esters is 1. The molecule has 2 aliphatic rings. The van der Waals surface area contributed by atoms with Crippen LogP contribution in [0.2, 0.25) is 0 Å². The van der Waals surface area contributed by atoms with Crippen LogP contribution in [0.5, 0.6) is 0 Å². The van der Waals surface area contributed by atoms with Crippen molar-refractivity contribution < 1.29 is 22.7 Å². The lowest BCUT2D eigenvalue weighted by Crippen LogP contribution is -2.40. The zero-order valence-corrected chi connectivity index (χ0v) is 20.3. The maximum absolute atomic E-state index is 13.2. The van der Waals surface area contributed by atoms with Gasteiger partial charge in [0.2, 0.25) is 16.0 Å². The molecule has 2 aromatic rings. The Labute approximate surface area is 195 Å². The van der Waals surface area contributed by atoms with E-state index in [9.17, 15) is 13.2 Å². The fourth-order valence-electron chi connectivity index (χ4n) is 3.84. The molecule has 1 saturated heterocycles. The second kappa shape index (κ2) is 9.42. The van der Waals surface area contributed by atoms with E-state index in [0.717, 1.165) is 12.8 Å². The van der Waals surface area contributed by atoms with E-state index in [4.69, 9.17) is 9.47 Å². The molecule has 0 amide bonds. The zero-order valence-electron chi connectivity index (χ0n) is 17.9. The van der Waals surface area contributed by atoms with E-state index in [0.29, 0.717) is 40.5 Å². The number of carbonyl (C=O) groups is 1. The summed E-state index contributed by atoms with van der Waals surface area (Å²) in [6.45, 7) is 4.95. The first-order valence-electron chi connectivity index (χ1n) is 10.5. The predicted octanol–water partition coefficient (Wildman–Crippen LogP) is 2.95. The van der Waals surface area contributed by atoms with Crippen LogP contribution in [-0.2, 0) is 30.8 Å². The highest BCUT2D eigenvalue weighted by Crippen LogP contribution is 2.36. The Morgan fingerprint density at radius 3 is 2.84 bits per heavy atom. The van der Waals surface area contributed by atoms with Crippen LogP contribution in [0.25, 0.3) is 11.3 Å². The van der Waals surface area contributed by atoms with Crippen molar-refractivity contribution in [2.75, 3.05) is 25.1 Å². The van der Waals surface area contributed by atoms with Crippen molar-refractivity contribution in [2.24, 2.45) is 0 Å². The summed E-state index contributed by atoms with van der Waals surface area (Å²) in [4.78, 5) is 21.3. The van der Waals surface area contributed by atoms with Crippen LogP contribution in [0.15, 0.2) is 33.8 Å². The molecule has 11 heteroatoms. The lowest BCUT2D eigenvalue weighted by Gasteiger charge is -2.23. The molecule has 172 valence electrons. The monoisotopic (exact) mass is 524 g/mol. The van der Waals surface area contributed by atoms with E-state index in [2.05, 4.69) is 31.2 Å². The van der Waals surface area contributed by atoms with E-state index in [-0.39, 0.29) is 24.1 Å². The number of anilines is 1. The molecular weight excluding hydrogens is 500 g/mol. The topological polar surface area (TPSA) is 111 Å². The van der Waals surface area contributed by atoms with Crippen LogP contribution in [0, 0.1) is 0 Å². The van der Waals surface area contributed by atoms with Crippen LogP contribution in [0.3, 0.4) is 0 Å². The van der Waals surface area contributed by atoms with Crippen LogP contribution in [0.4, 0.5) is 5.95 Å². The molecule has 2 aliphatic heterocycles. The van der Waals surface area contributed by atoms with Gasteiger partial charge in [-0.05, 0) is 54.2 Å². The SMILES string of the molecule is CCOC(=O)[C@@H](C)N1Cc2ccc(-c3nc(NC4CCOCC4)ncc3Br)cc2S1(=O)=O. The summed E-state index contributed by atoms with van der Waals surface area (Å²) >= 11 is 3.48. The summed E-state index contributed by atoms with van der Waals surface area (Å²) in [6, 6.07) is 4.53. The molecule has 1 N–H and O–H groups in total. The average Bonchev–Trinajstić information content (AvgIpc) is 3.05. The number of aromatic nitrogens is 2. The molecule has 1 fully saturated rings. The fraction of sp³-hybridized carbons (Fsp3) is 0.476. The molecule has 0 unspecified atom stereocenters. The Kier molecular flexibility index (Phi) is 6.80. The maximum Gasteiger partial charge on any atom is 0.324 e. The number of nitrogens with zero attached hydrogens (tertiary/aromatic N) is 3. The fourth-order valence-corrected chi connectivity index (χ4v) is 6.06. The highest BCUT2D eigenvalue weighted by Gasteiger charge is 2.41. The number of hydrogen-bond donors (Lipinski definition) is 1. The largest absolute Gasteiger partial charge is 0.465 e. The summed E-state index contributed by atoms with van der Waals surface area (Å²) < 4.78 is 38.6. The van der Waals surface area contributed by atoms with Gasteiger partial charge in [0.1, 0.15) is 6.04 Å². The van der Waals surface area contributed by atoms with Gasteiger partial charge in [0.05, 0.1) is 21.7 Å². The number of rotatable bonds is 6. The van der Waals surface area contributed by atoms with Crippen molar-refractivity contribution in [3.8, 4) is 11.3 Å². The third-order valence-electron chi connectivity index (χ3n) is 5.61. The minimum absolute atomic E-state index is 0.124. The van der Waals surface area contributed by atoms with Crippen molar-refractivity contribution >= 4 is 37.9 Å². The van der Waals surface area contributed by atoms with E-state index < -0.39 is 22.0 Å². The molecule has 4 rings (SSSR count). The summed E-state index contributed by atoms with van der Waals surface area (Å²) in [6.07, 6.45) is 3.40. The average molecular weight is 525 g/mol. The first-order valence-corrected chi connectivity index (χ1v) is 12.7. The second-order valence-electron chi connectivity index (χ2n) is 7.72. The molecule has 0 bridgehead atoms. The Morgan fingerprint density at radius 2 is 2.12 bits per heavy atom. The predicted molar refractivity (Wildman–Crippen MR) is 121 cm³/mol. The second-order valence-corrected chi connectivity index (χ2v) is 10.4. The molecule has 1 atom stereocenters. The van der Waals surface area contributed by atoms with E-state index in [1.807, 2.05) is 6.07 Å². The van der Waals surface area contributed by atoms with Crippen LogP contribution >= 0.6 is 15.9 Å². The summed E-state index contributed by atoms with van der Waals surface area (Å²) in [5, 5.41) is 3.33. The van der Waals surface area contributed by atoms with Crippen molar-refractivity contribution in [2.45, 2.75) is 50.2 Å². The van der Waals surface area contributed by atoms with Gasteiger partial charge in [0.15, 0.2) is 0 Å². The molecule has 0 aliphatic carbocycles. The van der Waals surface area contributed by atoms with Gasteiger partial charge in [-0.3, -0.25) is 4.79 Å². The molecule has 0 radical (unpaired) electrons. The minimum atomic E-state index is -3.84. The van der Waals surface area contributed by atoms with Gasteiger partial charge < -0.3 is 14.8 Å². The zero-order chi connectivity index (χ0) is 22.9. The van der Waals surface area contributed by atoms with Gasteiger partial charge in [-0.15, -0.1) is 0 Å². The lowest BCUT2D eigenvalue weighted by molar-refractivity contribution is -0.147. The van der Waals surface area contributed by atoms with Gasteiger partial charge in [-0.25, -0.2) is 18.4 Å². The Balaban J connectivity index is 1.63. The molecule has 1 aromatic heterocycles. The first-order chi connectivity index (χ1) is 15.3. The molecule has 9 nitrogen and oxygen atoms in total. The van der Waals surface area contributed by atoms with Crippen LogP contribution < -0.4 is 5.32 Å². The van der Waals surface area contributed by atoms with Gasteiger partial charge in [-0.2, -0.15) is 4.31 Å². The highest BCUT2D eigenvalue weighted by atomic mass is 79.9. The van der Waals surface area contributed by atoms with Gasteiger partial charge in [-0.1, -0.05) is 12.1 Å². The molecule has 0 spiro atoms. The van der Waals surface area contributed by atoms with Crippen molar-refractivity contribution in [3.05, 3.63) is 34.4 Å². The molecule has 1 aromatic carbocycles. The van der Waals surface area contributed by atoms with Crippen molar-refractivity contribution in [1.82, 2.24) is 14.3 Å². The molecule has 0 saturated carbocycles. The van der Waals surface area contributed by atoms with Crippen LogP contribution in [-0.4, -0.2) is 60.6 Å². The number of carbonyl (C=O) groups excluding carboxylic acids is 1. The molecule has 32 heavy (non-hydrogen) atoms. The Morgan fingerprint density at radius 1 is 1.38 bits per heavy atom. The number of ether oxygens (including phenoxy) is 2. The quantitative estimate of drug-likeness (QED) is 0.574. The lowest BCUT2D eigenvalue weighted by atomic mass is 10.1. The number of nitrogens with one attached hydrogen (secondary N) is 1. The number of sulfonamides is 1. The van der Waals surface area contributed by atoms with Crippen molar-refractivity contribution in [1.29, 1.82) is 0 Å². The smallest absolute Gasteiger partial charge is 0.324 e. The number of halogens is 1. The van der Waals surface area contributed by atoms with Crippen molar-refractivity contribution in [3.63, 3.8) is 0 Å². The number of benzene rings is 1. The van der Waals surface area contributed by atoms with Gasteiger partial charge in [0.25, 0.3) is 0 Å². The summed E-state index contributed by atoms with van der Waals surface area (Å²) in [7, 11) is -3.84. The minimum Gasteiger partial charge on any atom is -0.465 e. The molecule has 3 heterocycles. The summed E-state index contributed by atoms with van der Waals surface area (Å²) in [5.41, 5.74) is 1.86. The Bertz CT molecular complexity index is 1120. The third kappa shape index (κ3) is 4.52. The highest BCUT2D eigenvalue weighted by molar-refractivity contribution is 9.10. The Hall–Kier alpha value is -2.08. The maximum atomic E-state index is 13.2. The van der Waals surface area contributed by atoms with E-state index in [1.165, 1.54) is 11.2 Å². The van der Waals surface area contributed by atoms with E-state index in [1.54, 1.807) is 25.3 Å². The third-order valence-corrected chi connectivity index (χ3v) is 8.19. The molecular formula is C21H25BrN4O5S.